The summed E-state index contributed by atoms with van der Waals surface area (Å²) in [5.41, 5.74) is 3.62. The highest BCUT2D eigenvalue weighted by Gasteiger charge is 2.12. The number of hydrogen-bond acceptors (Lipinski definition) is 4. The molecule has 0 aliphatic carbocycles. The summed E-state index contributed by atoms with van der Waals surface area (Å²) < 4.78 is 1.93. The van der Waals surface area contributed by atoms with Crippen LogP contribution in [0.3, 0.4) is 0 Å². The van der Waals surface area contributed by atoms with E-state index in [4.69, 9.17) is 11.6 Å². The van der Waals surface area contributed by atoms with Crippen molar-refractivity contribution in [3.8, 4) is 0 Å². The van der Waals surface area contributed by atoms with Crippen LogP contribution in [0.1, 0.15) is 21.7 Å². The fraction of sp³-hybridized carbons (Fsp3) is 0.100. The third-order valence-electron chi connectivity index (χ3n) is 4.02. The highest BCUT2D eigenvalue weighted by atomic mass is 35.5. The first-order chi connectivity index (χ1) is 12.7. The van der Waals surface area contributed by atoms with Gasteiger partial charge in [-0.05, 0) is 29.8 Å². The van der Waals surface area contributed by atoms with E-state index in [1.165, 1.54) is 6.20 Å². The maximum atomic E-state index is 12.5. The second-order valence-corrected chi connectivity index (χ2v) is 6.45. The smallest absolute Gasteiger partial charge is 0.188 e. The Hall–Kier alpha value is -3.05. The number of Topliss-reactive ketones (excluding diaryl/α,β-unsaturated/α-hetero) is 1. The van der Waals surface area contributed by atoms with Crippen molar-refractivity contribution in [2.45, 2.75) is 13.0 Å². The molecule has 0 spiro atoms. The van der Waals surface area contributed by atoms with Crippen LogP contribution in [-0.4, -0.2) is 25.3 Å². The minimum atomic E-state index is -0.101. The van der Waals surface area contributed by atoms with Gasteiger partial charge >= 0.3 is 0 Å². The monoisotopic (exact) mass is 362 g/mol. The molecule has 0 saturated heterocycles. The summed E-state index contributed by atoms with van der Waals surface area (Å²) in [4.78, 5) is 25.5. The van der Waals surface area contributed by atoms with E-state index in [-0.39, 0.29) is 12.2 Å². The van der Waals surface area contributed by atoms with Gasteiger partial charge in [-0.25, -0.2) is 9.97 Å². The Kier molecular flexibility index (Phi) is 4.46. The third-order valence-corrected chi connectivity index (χ3v) is 4.25. The van der Waals surface area contributed by atoms with Gasteiger partial charge in [-0.2, -0.15) is 0 Å². The molecule has 2 aromatic heterocycles. The van der Waals surface area contributed by atoms with Crippen LogP contribution in [0.2, 0.25) is 5.02 Å². The Morgan fingerprint density at radius 3 is 2.73 bits per heavy atom. The highest BCUT2D eigenvalue weighted by molar-refractivity contribution is 6.30. The SMILES string of the molecule is O=C(Cc1cn(Cc2cccc(Cl)c2)cn1)c1cnc2ccccc2n1. The number of rotatable bonds is 5. The van der Waals surface area contributed by atoms with Crippen molar-refractivity contribution in [2.24, 2.45) is 0 Å². The summed E-state index contributed by atoms with van der Waals surface area (Å²) in [7, 11) is 0. The number of hydrogen-bond donors (Lipinski definition) is 0. The van der Waals surface area contributed by atoms with Gasteiger partial charge in [0.2, 0.25) is 0 Å². The van der Waals surface area contributed by atoms with Crippen molar-refractivity contribution in [1.82, 2.24) is 19.5 Å². The Bertz CT molecular complexity index is 1090. The lowest BCUT2D eigenvalue weighted by molar-refractivity contribution is 0.0987. The van der Waals surface area contributed by atoms with Crippen LogP contribution < -0.4 is 0 Å². The maximum Gasteiger partial charge on any atom is 0.188 e. The zero-order valence-electron chi connectivity index (χ0n) is 13.8. The van der Waals surface area contributed by atoms with Crippen molar-refractivity contribution in [1.29, 1.82) is 0 Å². The molecular weight excluding hydrogens is 348 g/mol. The standard InChI is InChI=1S/C20H15ClN4O/c21-15-5-3-4-14(8-15)11-25-12-16(23-13-25)9-20(26)19-10-22-17-6-1-2-7-18(17)24-19/h1-8,10,12-13H,9,11H2. The van der Waals surface area contributed by atoms with Crippen molar-refractivity contribution in [3.05, 3.63) is 89.2 Å². The molecule has 4 rings (SSSR count). The molecule has 26 heavy (non-hydrogen) atoms. The minimum Gasteiger partial charge on any atom is -0.333 e. The number of carbonyl (C=O) groups excluding carboxylic acids is 1. The summed E-state index contributed by atoms with van der Waals surface area (Å²) in [6, 6.07) is 15.2. The number of ketones is 1. The first kappa shape index (κ1) is 16.4. The predicted octanol–water partition coefficient (Wildman–Crippen LogP) is 3.95. The normalized spacial score (nSPS) is 11.0. The van der Waals surface area contributed by atoms with E-state index in [9.17, 15) is 4.79 Å². The average Bonchev–Trinajstić information content (AvgIpc) is 3.08. The molecule has 128 valence electrons. The minimum absolute atomic E-state index is 0.101. The molecule has 2 aromatic carbocycles. The quantitative estimate of drug-likeness (QED) is 0.504. The predicted molar refractivity (Wildman–Crippen MR) is 100 cm³/mol. The van der Waals surface area contributed by atoms with Crippen LogP contribution in [0.25, 0.3) is 11.0 Å². The molecule has 0 aliphatic heterocycles. The number of fused-ring (bicyclic) bond motifs is 1. The van der Waals surface area contributed by atoms with Crippen LogP contribution in [0, 0.1) is 0 Å². The number of carbonyl (C=O) groups is 1. The highest BCUT2D eigenvalue weighted by Crippen LogP contribution is 2.13. The van der Waals surface area contributed by atoms with Gasteiger partial charge in [0.1, 0.15) is 5.69 Å². The van der Waals surface area contributed by atoms with Gasteiger partial charge in [0.25, 0.3) is 0 Å². The number of imidazole rings is 1. The molecule has 0 atom stereocenters. The lowest BCUT2D eigenvalue weighted by Gasteiger charge is -2.03. The molecule has 2 heterocycles. The molecule has 4 aromatic rings. The van der Waals surface area contributed by atoms with Crippen LogP contribution in [-0.2, 0) is 13.0 Å². The molecule has 5 nitrogen and oxygen atoms in total. The maximum absolute atomic E-state index is 12.5. The van der Waals surface area contributed by atoms with Gasteiger partial charge in [-0.15, -0.1) is 0 Å². The molecule has 6 heteroatoms. The van der Waals surface area contributed by atoms with E-state index in [0.717, 1.165) is 11.1 Å². The molecule has 0 aliphatic rings. The Morgan fingerprint density at radius 2 is 1.88 bits per heavy atom. The summed E-state index contributed by atoms with van der Waals surface area (Å²) in [5.74, 6) is -0.101. The topological polar surface area (TPSA) is 60.7 Å². The molecule has 0 bridgehead atoms. The summed E-state index contributed by atoms with van der Waals surface area (Å²) in [6.07, 6.45) is 5.30. The number of benzene rings is 2. The van der Waals surface area contributed by atoms with Gasteiger partial charge in [0.15, 0.2) is 5.78 Å². The van der Waals surface area contributed by atoms with E-state index >= 15 is 0 Å². The summed E-state index contributed by atoms with van der Waals surface area (Å²) >= 11 is 6.01. The van der Waals surface area contributed by atoms with Gasteiger partial charge in [0.05, 0.1) is 35.7 Å². The van der Waals surface area contributed by atoms with Crippen LogP contribution >= 0.6 is 11.6 Å². The van der Waals surface area contributed by atoms with E-state index in [0.29, 0.717) is 28.5 Å². The Balaban J connectivity index is 1.48. The van der Waals surface area contributed by atoms with Crippen molar-refractivity contribution in [2.75, 3.05) is 0 Å². The molecule has 0 unspecified atom stereocenters. The first-order valence-electron chi connectivity index (χ1n) is 8.17. The third kappa shape index (κ3) is 3.63. The van der Waals surface area contributed by atoms with E-state index in [2.05, 4.69) is 15.0 Å². The lowest BCUT2D eigenvalue weighted by Crippen LogP contribution is -2.07. The zero-order chi connectivity index (χ0) is 17.9. The summed E-state index contributed by atoms with van der Waals surface area (Å²) in [6.45, 7) is 0.650. The van der Waals surface area contributed by atoms with Crippen LogP contribution in [0.4, 0.5) is 0 Å². The number of aromatic nitrogens is 4. The number of nitrogens with zero attached hydrogens (tertiary/aromatic N) is 4. The van der Waals surface area contributed by atoms with Gasteiger partial charge in [0, 0.05) is 17.8 Å². The zero-order valence-corrected chi connectivity index (χ0v) is 14.6. The molecule has 0 amide bonds. The van der Waals surface area contributed by atoms with Crippen molar-refractivity contribution < 1.29 is 4.79 Å². The fourth-order valence-corrected chi connectivity index (χ4v) is 2.99. The molecule has 0 radical (unpaired) electrons. The van der Waals surface area contributed by atoms with Gasteiger partial charge < -0.3 is 4.57 Å². The fourth-order valence-electron chi connectivity index (χ4n) is 2.78. The molecule has 0 N–H and O–H groups in total. The first-order valence-corrected chi connectivity index (χ1v) is 8.55. The van der Waals surface area contributed by atoms with E-state index in [1.54, 1.807) is 6.33 Å². The average molecular weight is 363 g/mol. The van der Waals surface area contributed by atoms with E-state index in [1.807, 2.05) is 59.3 Å². The summed E-state index contributed by atoms with van der Waals surface area (Å²) in [5, 5.41) is 0.702. The Labute approximate surface area is 155 Å². The molecule has 0 fully saturated rings. The molecule has 0 saturated carbocycles. The van der Waals surface area contributed by atoms with Crippen LogP contribution in [0.15, 0.2) is 67.3 Å². The van der Waals surface area contributed by atoms with E-state index < -0.39 is 0 Å². The largest absolute Gasteiger partial charge is 0.333 e. The second kappa shape index (κ2) is 7.06. The Morgan fingerprint density at radius 1 is 1.04 bits per heavy atom. The number of para-hydroxylation sites is 2. The lowest BCUT2D eigenvalue weighted by atomic mass is 10.2. The second-order valence-electron chi connectivity index (χ2n) is 6.01. The van der Waals surface area contributed by atoms with Crippen molar-refractivity contribution >= 4 is 28.4 Å². The van der Waals surface area contributed by atoms with Gasteiger partial charge in [-0.3, -0.25) is 9.78 Å². The molecular formula is C20H15ClN4O. The van der Waals surface area contributed by atoms with Crippen LogP contribution in [0.5, 0.6) is 0 Å². The van der Waals surface area contributed by atoms with Crippen molar-refractivity contribution in [3.63, 3.8) is 0 Å². The number of halogens is 1. The van der Waals surface area contributed by atoms with Gasteiger partial charge in [-0.1, -0.05) is 35.9 Å².